The van der Waals surface area contributed by atoms with Crippen LogP contribution in [-0.4, -0.2) is 34.1 Å². The zero-order chi connectivity index (χ0) is 12.5. The molecule has 1 atom stereocenters. The number of nitrogens with two attached hydrogens (primary N) is 1. The van der Waals surface area contributed by atoms with Crippen molar-refractivity contribution in [3.8, 4) is 0 Å². The smallest absolute Gasteiger partial charge is 0.240 e. The molecule has 0 radical (unpaired) electrons. The first-order valence-corrected chi connectivity index (χ1v) is 7.13. The molecule has 6 heteroatoms. The van der Waals surface area contributed by atoms with E-state index < -0.39 is 10.0 Å². The van der Waals surface area contributed by atoms with E-state index in [1.165, 1.54) is 0 Å². The molecule has 1 fully saturated rings. The highest BCUT2D eigenvalue weighted by molar-refractivity contribution is 7.89. The summed E-state index contributed by atoms with van der Waals surface area (Å²) >= 11 is 0. The van der Waals surface area contributed by atoms with Gasteiger partial charge in [-0.3, -0.25) is 0 Å². The topological polar surface area (TPSA) is 75.4 Å². The number of sulfonamides is 1. The SMILES string of the molecule is C[C@H]1CN(c2ccccc2S(N)(=O)=O)CCN1. The molecule has 1 aliphatic heterocycles. The van der Waals surface area contributed by atoms with Crippen molar-refractivity contribution in [2.75, 3.05) is 24.5 Å². The first-order valence-electron chi connectivity index (χ1n) is 5.58. The van der Waals surface area contributed by atoms with Crippen LogP contribution in [0.15, 0.2) is 29.2 Å². The summed E-state index contributed by atoms with van der Waals surface area (Å²) in [4.78, 5) is 2.26. The molecule has 0 aliphatic carbocycles. The van der Waals surface area contributed by atoms with Gasteiger partial charge in [-0.2, -0.15) is 0 Å². The molecule has 0 saturated carbocycles. The van der Waals surface area contributed by atoms with Gasteiger partial charge in [-0.1, -0.05) is 12.1 Å². The Hall–Kier alpha value is -1.11. The number of nitrogens with zero attached hydrogens (tertiary/aromatic N) is 1. The van der Waals surface area contributed by atoms with E-state index in [4.69, 9.17) is 5.14 Å². The molecule has 1 heterocycles. The van der Waals surface area contributed by atoms with Crippen molar-refractivity contribution in [1.29, 1.82) is 0 Å². The van der Waals surface area contributed by atoms with Crippen LogP contribution in [0.25, 0.3) is 0 Å². The van der Waals surface area contributed by atoms with Crippen LogP contribution in [0.5, 0.6) is 0 Å². The molecule has 1 aromatic carbocycles. The molecule has 5 nitrogen and oxygen atoms in total. The molecule has 2 rings (SSSR count). The maximum Gasteiger partial charge on any atom is 0.240 e. The van der Waals surface area contributed by atoms with Crippen molar-refractivity contribution in [2.24, 2.45) is 5.14 Å². The summed E-state index contributed by atoms with van der Waals surface area (Å²) in [5, 5.41) is 8.55. The normalized spacial score (nSPS) is 21.5. The Balaban J connectivity index is 2.38. The minimum absolute atomic E-state index is 0.203. The second-order valence-corrected chi connectivity index (χ2v) is 5.84. The third kappa shape index (κ3) is 2.77. The van der Waals surface area contributed by atoms with Gasteiger partial charge in [0.05, 0.1) is 5.69 Å². The van der Waals surface area contributed by atoms with E-state index in [0.717, 1.165) is 19.6 Å². The highest BCUT2D eigenvalue weighted by atomic mass is 32.2. The third-order valence-electron chi connectivity index (χ3n) is 2.88. The summed E-state index contributed by atoms with van der Waals surface area (Å²) in [5.41, 5.74) is 0.698. The van der Waals surface area contributed by atoms with Gasteiger partial charge in [0, 0.05) is 25.7 Å². The monoisotopic (exact) mass is 255 g/mol. The Kier molecular flexibility index (Phi) is 3.37. The summed E-state index contributed by atoms with van der Waals surface area (Å²) in [7, 11) is -3.66. The van der Waals surface area contributed by atoms with E-state index >= 15 is 0 Å². The van der Waals surface area contributed by atoms with E-state index in [9.17, 15) is 8.42 Å². The van der Waals surface area contributed by atoms with Crippen molar-refractivity contribution < 1.29 is 8.42 Å². The van der Waals surface area contributed by atoms with Crippen LogP contribution in [0.4, 0.5) is 5.69 Å². The Bertz CT molecular complexity index is 501. The lowest BCUT2D eigenvalue weighted by Gasteiger charge is -2.34. The fraction of sp³-hybridized carbons (Fsp3) is 0.455. The number of hydrogen-bond acceptors (Lipinski definition) is 4. The Morgan fingerprint density at radius 3 is 2.76 bits per heavy atom. The lowest BCUT2D eigenvalue weighted by atomic mass is 10.2. The van der Waals surface area contributed by atoms with Gasteiger partial charge in [-0.25, -0.2) is 13.6 Å². The van der Waals surface area contributed by atoms with E-state index in [1.807, 2.05) is 6.07 Å². The minimum Gasteiger partial charge on any atom is -0.368 e. The fourth-order valence-corrected chi connectivity index (χ4v) is 2.87. The molecule has 0 spiro atoms. The van der Waals surface area contributed by atoms with E-state index in [-0.39, 0.29) is 4.90 Å². The van der Waals surface area contributed by atoms with Crippen LogP contribution >= 0.6 is 0 Å². The first kappa shape index (κ1) is 12.3. The number of nitrogens with one attached hydrogen (secondary N) is 1. The number of para-hydroxylation sites is 1. The third-order valence-corrected chi connectivity index (χ3v) is 3.84. The second kappa shape index (κ2) is 4.64. The zero-order valence-electron chi connectivity index (χ0n) is 9.76. The molecule has 0 unspecified atom stereocenters. The fourth-order valence-electron chi connectivity index (χ4n) is 2.11. The second-order valence-electron chi connectivity index (χ2n) is 4.31. The Morgan fingerprint density at radius 2 is 2.12 bits per heavy atom. The van der Waals surface area contributed by atoms with Gasteiger partial charge in [0.1, 0.15) is 4.90 Å². The van der Waals surface area contributed by atoms with Crippen molar-refractivity contribution in [2.45, 2.75) is 17.9 Å². The summed E-state index contributed by atoms with van der Waals surface area (Å²) in [6.45, 7) is 4.50. The first-order chi connectivity index (χ1) is 7.98. The van der Waals surface area contributed by atoms with E-state index in [2.05, 4.69) is 17.1 Å². The average molecular weight is 255 g/mol. The van der Waals surface area contributed by atoms with Gasteiger partial charge in [-0.05, 0) is 19.1 Å². The summed E-state index contributed by atoms with van der Waals surface area (Å²) in [5.74, 6) is 0. The van der Waals surface area contributed by atoms with Crippen LogP contribution in [-0.2, 0) is 10.0 Å². The van der Waals surface area contributed by atoms with Crippen molar-refractivity contribution in [3.05, 3.63) is 24.3 Å². The maximum atomic E-state index is 11.5. The van der Waals surface area contributed by atoms with Gasteiger partial charge >= 0.3 is 0 Å². The van der Waals surface area contributed by atoms with Gasteiger partial charge in [0.2, 0.25) is 10.0 Å². The van der Waals surface area contributed by atoms with Crippen LogP contribution in [0.2, 0.25) is 0 Å². The van der Waals surface area contributed by atoms with Crippen molar-refractivity contribution >= 4 is 15.7 Å². The number of anilines is 1. The molecule has 1 aromatic rings. The van der Waals surface area contributed by atoms with Crippen LogP contribution in [0, 0.1) is 0 Å². The summed E-state index contributed by atoms with van der Waals surface area (Å²) in [6.07, 6.45) is 0. The molecule has 94 valence electrons. The summed E-state index contributed by atoms with van der Waals surface area (Å²) in [6, 6.07) is 7.22. The summed E-state index contributed by atoms with van der Waals surface area (Å²) < 4.78 is 23.0. The average Bonchev–Trinajstić information content (AvgIpc) is 2.28. The quantitative estimate of drug-likeness (QED) is 0.788. The standard InChI is InChI=1S/C11H17N3O2S/c1-9-8-14(7-6-13-9)10-4-2-3-5-11(10)17(12,15)16/h2-5,9,13H,6-8H2,1H3,(H2,12,15,16)/t9-/m0/s1. The number of primary sulfonamides is 1. The number of hydrogen-bond donors (Lipinski definition) is 2. The van der Waals surface area contributed by atoms with Gasteiger partial charge in [-0.15, -0.1) is 0 Å². The lowest BCUT2D eigenvalue weighted by molar-refractivity contribution is 0.483. The molecule has 1 saturated heterocycles. The van der Waals surface area contributed by atoms with Gasteiger partial charge in [0.25, 0.3) is 0 Å². The van der Waals surface area contributed by atoms with E-state index in [0.29, 0.717) is 11.7 Å². The maximum absolute atomic E-state index is 11.5. The molecule has 0 aromatic heterocycles. The molecule has 0 amide bonds. The van der Waals surface area contributed by atoms with Gasteiger partial charge in [0.15, 0.2) is 0 Å². The van der Waals surface area contributed by atoms with Gasteiger partial charge < -0.3 is 10.2 Å². The molecule has 17 heavy (non-hydrogen) atoms. The Labute approximate surface area is 102 Å². The van der Waals surface area contributed by atoms with Crippen LogP contribution in [0.1, 0.15) is 6.92 Å². The lowest BCUT2D eigenvalue weighted by Crippen LogP contribution is -2.49. The number of piperazine rings is 1. The van der Waals surface area contributed by atoms with Crippen molar-refractivity contribution in [1.82, 2.24) is 5.32 Å². The molecular weight excluding hydrogens is 238 g/mol. The van der Waals surface area contributed by atoms with E-state index in [1.54, 1.807) is 18.2 Å². The number of rotatable bonds is 2. The largest absolute Gasteiger partial charge is 0.368 e. The predicted molar refractivity (Wildman–Crippen MR) is 67.5 cm³/mol. The molecular formula is C11H17N3O2S. The molecule has 1 aliphatic rings. The van der Waals surface area contributed by atoms with Crippen molar-refractivity contribution in [3.63, 3.8) is 0 Å². The molecule has 0 bridgehead atoms. The highest BCUT2D eigenvalue weighted by Crippen LogP contribution is 2.24. The predicted octanol–water partition coefficient (Wildman–Crippen LogP) is 0.132. The van der Waals surface area contributed by atoms with Crippen LogP contribution < -0.4 is 15.4 Å². The molecule has 3 N–H and O–H groups in total. The minimum atomic E-state index is -3.66. The number of benzene rings is 1. The Morgan fingerprint density at radius 1 is 1.41 bits per heavy atom. The zero-order valence-corrected chi connectivity index (χ0v) is 10.6. The van der Waals surface area contributed by atoms with Crippen LogP contribution in [0.3, 0.4) is 0 Å². The highest BCUT2D eigenvalue weighted by Gasteiger charge is 2.21.